The highest BCUT2D eigenvalue weighted by atomic mass is 127. The fraction of sp³-hybridized carbons (Fsp3) is 0. The fourth-order valence-corrected chi connectivity index (χ4v) is 6.28. The number of rotatable bonds is 2. The lowest BCUT2D eigenvalue weighted by atomic mass is 10.2. The van der Waals surface area contributed by atoms with Gasteiger partial charge in [0.05, 0.1) is 11.3 Å². The Morgan fingerprint density at radius 2 is 1.55 bits per heavy atom. The molecule has 0 atom stereocenters. The number of benzene rings is 2. The number of hydrogen-bond donors (Lipinski definition) is 1. The molecule has 104 valence electrons. The average Bonchev–Trinajstić information content (AvgIpc) is 2.36. The van der Waals surface area contributed by atoms with E-state index in [0.29, 0.717) is 5.56 Å². The van der Waals surface area contributed by atoms with Gasteiger partial charge in [-0.05, 0) is 137 Å². The molecule has 0 aliphatic carbocycles. The van der Waals surface area contributed by atoms with Gasteiger partial charge in [-0.15, -0.1) is 0 Å². The summed E-state index contributed by atoms with van der Waals surface area (Å²) in [5.74, 6) is -0.104. The first-order valence-electron chi connectivity index (χ1n) is 5.29. The maximum absolute atomic E-state index is 12.4. The summed E-state index contributed by atoms with van der Waals surface area (Å²) >= 11 is 12.4. The number of anilines is 1. The van der Waals surface area contributed by atoms with E-state index in [1.165, 1.54) is 0 Å². The van der Waals surface area contributed by atoms with Crippen LogP contribution in [0.2, 0.25) is 0 Å². The number of hydrogen-bond acceptors (Lipinski definition) is 1. The molecule has 2 nitrogen and oxygen atoms in total. The third-order valence-electron chi connectivity index (χ3n) is 2.42. The van der Waals surface area contributed by atoms with Gasteiger partial charge in [0.2, 0.25) is 0 Å². The number of carbonyl (C=O) groups excluding carboxylic acids is 1. The summed E-state index contributed by atoms with van der Waals surface area (Å²) in [5, 5.41) is 3.00. The Balaban J connectivity index is 2.35. The molecular formula is C13H6BrI4NO. The van der Waals surface area contributed by atoms with Crippen molar-refractivity contribution in [1.29, 1.82) is 0 Å². The van der Waals surface area contributed by atoms with Crippen LogP contribution in [0, 0.1) is 14.3 Å². The molecule has 2 rings (SSSR count). The van der Waals surface area contributed by atoms with Crippen LogP contribution in [0.5, 0.6) is 0 Å². The van der Waals surface area contributed by atoms with Crippen LogP contribution in [-0.4, -0.2) is 5.91 Å². The van der Waals surface area contributed by atoms with Gasteiger partial charge >= 0.3 is 0 Å². The first kappa shape index (κ1) is 17.7. The largest absolute Gasteiger partial charge is 0.320 e. The Morgan fingerprint density at radius 1 is 0.950 bits per heavy atom. The lowest BCUT2D eigenvalue weighted by Gasteiger charge is -2.11. The molecule has 20 heavy (non-hydrogen) atoms. The van der Waals surface area contributed by atoms with Crippen molar-refractivity contribution < 1.29 is 4.79 Å². The molecule has 0 saturated heterocycles. The van der Waals surface area contributed by atoms with Gasteiger partial charge in [0.15, 0.2) is 0 Å². The van der Waals surface area contributed by atoms with Gasteiger partial charge in [0.25, 0.3) is 5.91 Å². The van der Waals surface area contributed by atoms with E-state index >= 15 is 0 Å². The molecule has 0 bridgehead atoms. The highest BCUT2D eigenvalue weighted by molar-refractivity contribution is 14.1. The summed E-state index contributed by atoms with van der Waals surface area (Å²) in [6.45, 7) is 0. The Bertz CT molecular complexity index is 667. The monoisotopic (exact) mass is 779 g/mol. The van der Waals surface area contributed by atoms with E-state index in [2.05, 4.69) is 112 Å². The molecule has 0 spiro atoms. The van der Waals surface area contributed by atoms with E-state index in [9.17, 15) is 4.79 Å². The second-order valence-electron chi connectivity index (χ2n) is 3.82. The van der Waals surface area contributed by atoms with E-state index < -0.39 is 0 Å². The minimum atomic E-state index is -0.104. The summed E-state index contributed by atoms with van der Waals surface area (Å²) in [7, 11) is 0. The minimum Gasteiger partial charge on any atom is -0.320 e. The molecule has 0 aliphatic heterocycles. The maximum Gasteiger partial charge on any atom is 0.256 e. The van der Waals surface area contributed by atoms with Gasteiger partial charge in [-0.25, -0.2) is 0 Å². The van der Waals surface area contributed by atoms with Gasteiger partial charge in [-0.2, -0.15) is 0 Å². The standard InChI is InChI=1S/C13H6BrI4NO/c14-9-2-1-6(15)3-8(9)13(20)19-12-10(17)4-7(16)5-11(12)18/h1-5H,(H,19,20). The van der Waals surface area contributed by atoms with E-state index in [-0.39, 0.29) is 5.91 Å². The Kier molecular flexibility index (Phi) is 6.82. The zero-order valence-electron chi connectivity index (χ0n) is 9.68. The highest BCUT2D eigenvalue weighted by Crippen LogP contribution is 2.28. The topological polar surface area (TPSA) is 29.1 Å². The summed E-state index contributed by atoms with van der Waals surface area (Å²) in [5.41, 5.74) is 1.50. The van der Waals surface area contributed by atoms with Crippen molar-refractivity contribution in [2.75, 3.05) is 5.32 Å². The van der Waals surface area contributed by atoms with Crippen molar-refractivity contribution in [2.24, 2.45) is 0 Å². The predicted octanol–water partition coefficient (Wildman–Crippen LogP) is 6.12. The van der Waals surface area contributed by atoms with Crippen molar-refractivity contribution in [1.82, 2.24) is 0 Å². The fourth-order valence-electron chi connectivity index (χ4n) is 1.51. The minimum absolute atomic E-state index is 0.104. The van der Waals surface area contributed by atoms with Crippen molar-refractivity contribution >= 4 is 118 Å². The highest BCUT2D eigenvalue weighted by Gasteiger charge is 2.14. The summed E-state index contributed by atoms with van der Waals surface area (Å²) in [6.07, 6.45) is 0. The molecule has 2 aromatic carbocycles. The van der Waals surface area contributed by atoms with Crippen molar-refractivity contribution in [3.8, 4) is 0 Å². The van der Waals surface area contributed by atoms with Crippen molar-refractivity contribution in [3.05, 3.63) is 54.6 Å². The van der Waals surface area contributed by atoms with Gasteiger partial charge in [0.1, 0.15) is 0 Å². The van der Waals surface area contributed by atoms with Crippen LogP contribution >= 0.6 is 106 Å². The zero-order chi connectivity index (χ0) is 14.9. The van der Waals surface area contributed by atoms with Crippen LogP contribution in [0.4, 0.5) is 5.69 Å². The van der Waals surface area contributed by atoms with E-state index in [4.69, 9.17) is 0 Å². The lowest BCUT2D eigenvalue weighted by molar-refractivity contribution is 0.102. The molecule has 1 amide bonds. The summed E-state index contributed by atoms with van der Waals surface area (Å²) in [6, 6.07) is 9.80. The predicted molar refractivity (Wildman–Crippen MR) is 119 cm³/mol. The number of halogens is 5. The third-order valence-corrected chi connectivity index (χ3v) is 6.11. The second kappa shape index (κ2) is 7.73. The molecule has 0 aromatic heterocycles. The molecule has 2 aromatic rings. The van der Waals surface area contributed by atoms with Crippen LogP contribution in [0.1, 0.15) is 10.4 Å². The number of amides is 1. The Hall–Kier alpha value is 1.31. The molecule has 0 aliphatic rings. The van der Waals surface area contributed by atoms with E-state index in [1.54, 1.807) is 0 Å². The zero-order valence-corrected chi connectivity index (χ0v) is 19.9. The molecular weight excluding hydrogens is 774 g/mol. The van der Waals surface area contributed by atoms with Gasteiger partial charge in [0, 0.05) is 18.8 Å². The Labute approximate surface area is 179 Å². The second-order valence-corrected chi connectivity index (χ2v) is 9.49. The molecule has 0 unspecified atom stereocenters. The van der Waals surface area contributed by atoms with Crippen LogP contribution in [-0.2, 0) is 0 Å². The molecule has 1 N–H and O–H groups in total. The Morgan fingerprint density at radius 3 is 2.15 bits per heavy atom. The quantitative estimate of drug-likeness (QED) is 0.366. The van der Waals surface area contributed by atoms with Crippen LogP contribution in [0.25, 0.3) is 0 Å². The molecule has 0 radical (unpaired) electrons. The van der Waals surface area contributed by atoms with Crippen LogP contribution in [0.3, 0.4) is 0 Å². The summed E-state index contributed by atoms with van der Waals surface area (Å²) < 4.78 is 5.06. The SMILES string of the molecule is O=C(Nc1c(I)cc(I)cc1I)c1cc(I)ccc1Br. The molecule has 0 fully saturated rings. The molecule has 0 saturated carbocycles. The van der Waals surface area contributed by atoms with Crippen LogP contribution in [0.15, 0.2) is 34.8 Å². The van der Waals surface area contributed by atoms with Gasteiger partial charge in [-0.1, -0.05) is 0 Å². The maximum atomic E-state index is 12.4. The summed E-state index contributed by atoms with van der Waals surface area (Å²) in [4.78, 5) is 12.4. The third kappa shape index (κ3) is 4.41. The number of nitrogens with one attached hydrogen (secondary N) is 1. The molecule has 0 heterocycles. The van der Waals surface area contributed by atoms with E-state index in [0.717, 1.165) is 24.4 Å². The lowest BCUT2D eigenvalue weighted by Crippen LogP contribution is -2.15. The average molecular weight is 780 g/mol. The first-order chi connectivity index (χ1) is 9.38. The smallest absolute Gasteiger partial charge is 0.256 e. The van der Waals surface area contributed by atoms with Gasteiger partial charge in [-0.3, -0.25) is 4.79 Å². The van der Waals surface area contributed by atoms with Crippen LogP contribution < -0.4 is 5.32 Å². The normalized spacial score (nSPS) is 10.4. The number of carbonyl (C=O) groups is 1. The van der Waals surface area contributed by atoms with Crippen molar-refractivity contribution in [2.45, 2.75) is 0 Å². The van der Waals surface area contributed by atoms with Gasteiger partial charge < -0.3 is 5.32 Å². The first-order valence-corrected chi connectivity index (χ1v) is 10.4. The molecule has 7 heteroatoms. The van der Waals surface area contributed by atoms with Crippen molar-refractivity contribution in [3.63, 3.8) is 0 Å². The van der Waals surface area contributed by atoms with E-state index in [1.807, 2.05) is 30.3 Å².